The van der Waals surface area contributed by atoms with E-state index in [2.05, 4.69) is 26.3 Å². The van der Waals surface area contributed by atoms with E-state index in [0.29, 0.717) is 5.82 Å². The van der Waals surface area contributed by atoms with Gasteiger partial charge in [0.05, 0.1) is 22.5 Å². The monoisotopic (exact) mass is 392 g/mol. The molecule has 10 heteroatoms. The zero-order chi connectivity index (χ0) is 15.9. The van der Waals surface area contributed by atoms with Crippen LogP contribution in [0.3, 0.4) is 0 Å². The van der Waals surface area contributed by atoms with Crippen LogP contribution in [0.4, 0.5) is 11.5 Å². The molecular formula is C12H17BrN4O4S. The molecule has 1 aromatic heterocycles. The molecule has 122 valence electrons. The molecule has 1 aliphatic heterocycles. The van der Waals surface area contributed by atoms with Crippen molar-refractivity contribution in [3.05, 3.63) is 14.7 Å². The fourth-order valence-electron chi connectivity index (χ4n) is 3.08. The second-order valence-electron chi connectivity index (χ2n) is 5.90. The summed E-state index contributed by atoms with van der Waals surface area (Å²) < 4.78 is 24.4. The normalized spacial score (nSPS) is 22.2. The molecule has 2 heterocycles. The van der Waals surface area contributed by atoms with Gasteiger partial charge in [0.25, 0.3) is 0 Å². The van der Waals surface area contributed by atoms with Crippen molar-refractivity contribution < 1.29 is 13.3 Å². The fourth-order valence-corrected chi connectivity index (χ4v) is 4.94. The lowest BCUT2D eigenvalue weighted by atomic mass is 9.95. The lowest BCUT2D eigenvalue weighted by Crippen LogP contribution is -2.39. The van der Waals surface area contributed by atoms with Crippen molar-refractivity contribution >= 4 is 37.3 Å². The van der Waals surface area contributed by atoms with Crippen molar-refractivity contribution in [1.29, 1.82) is 0 Å². The van der Waals surface area contributed by atoms with Gasteiger partial charge in [-0.25, -0.2) is 13.1 Å². The molecule has 0 atom stereocenters. The maximum Gasteiger partial charge on any atom is 0.345 e. The van der Waals surface area contributed by atoms with Crippen LogP contribution < -0.4 is 5.32 Å². The number of nitro groups is 1. The minimum atomic E-state index is -3.03. The van der Waals surface area contributed by atoms with Gasteiger partial charge in [-0.1, -0.05) is 19.3 Å². The molecule has 0 amide bonds. The third-order valence-electron chi connectivity index (χ3n) is 4.21. The molecule has 1 aromatic rings. The number of nitrogens with one attached hydrogen (secondary N) is 1. The topological polar surface area (TPSA) is 107 Å². The minimum Gasteiger partial charge on any atom is -0.362 e. The lowest BCUT2D eigenvalue weighted by molar-refractivity contribution is -0.384. The van der Waals surface area contributed by atoms with E-state index in [1.54, 1.807) is 0 Å². The van der Waals surface area contributed by atoms with Crippen LogP contribution in [-0.2, 0) is 9.84 Å². The highest BCUT2D eigenvalue weighted by Crippen LogP contribution is 2.38. The van der Waals surface area contributed by atoms with E-state index in [1.165, 1.54) is 11.1 Å². The van der Waals surface area contributed by atoms with Crippen molar-refractivity contribution in [2.75, 3.05) is 16.8 Å². The smallest absolute Gasteiger partial charge is 0.345 e. The lowest BCUT2D eigenvalue weighted by Gasteiger charge is -2.29. The first-order valence-corrected chi connectivity index (χ1v) is 9.88. The van der Waals surface area contributed by atoms with Crippen molar-refractivity contribution in [3.8, 4) is 0 Å². The van der Waals surface area contributed by atoms with Crippen LogP contribution in [0.1, 0.15) is 38.1 Å². The Hall–Kier alpha value is -1.16. The first kappa shape index (κ1) is 15.7. The molecule has 0 unspecified atom stereocenters. The maximum atomic E-state index is 11.4. The molecule has 0 bridgehead atoms. The molecule has 2 fully saturated rings. The Morgan fingerprint density at radius 3 is 2.45 bits per heavy atom. The second kappa shape index (κ2) is 5.80. The Kier molecular flexibility index (Phi) is 4.15. The van der Waals surface area contributed by atoms with Gasteiger partial charge < -0.3 is 5.32 Å². The summed E-state index contributed by atoms with van der Waals surface area (Å²) in [6.45, 7) is 0. The van der Waals surface area contributed by atoms with E-state index >= 15 is 0 Å². The summed E-state index contributed by atoms with van der Waals surface area (Å²) in [7, 11) is -3.03. The Balaban J connectivity index is 1.91. The molecule has 1 saturated carbocycles. The van der Waals surface area contributed by atoms with Gasteiger partial charge in [-0.2, -0.15) is 5.10 Å². The standard InChI is InChI=1S/C12H17BrN4O4S/c13-11-10(17(18)19)12(14-8-4-2-1-3-5-8)16(15-11)9-6-22(20,21)7-9/h8-9,14H,1-7H2. The van der Waals surface area contributed by atoms with Crippen LogP contribution in [0.25, 0.3) is 0 Å². The minimum absolute atomic E-state index is 0.0162. The van der Waals surface area contributed by atoms with E-state index in [4.69, 9.17) is 0 Å². The van der Waals surface area contributed by atoms with Gasteiger partial charge in [0.1, 0.15) is 0 Å². The third-order valence-corrected chi connectivity index (χ3v) is 6.53. The van der Waals surface area contributed by atoms with Crippen LogP contribution in [0, 0.1) is 10.1 Å². The van der Waals surface area contributed by atoms with Crippen LogP contribution in [0.15, 0.2) is 4.60 Å². The van der Waals surface area contributed by atoms with Crippen LogP contribution >= 0.6 is 15.9 Å². The molecule has 1 saturated heterocycles. The average Bonchev–Trinajstić information content (AvgIpc) is 2.73. The van der Waals surface area contributed by atoms with E-state index in [0.717, 1.165) is 25.7 Å². The molecule has 3 rings (SSSR count). The van der Waals surface area contributed by atoms with Crippen molar-refractivity contribution in [1.82, 2.24) is 9.78 Å². The number of sulfone groups is 1. The summed E-state index contributed by atoms with van der Waals surface area (Å²) >= 11 is 3.12. The first-order chi connectivity index (χ1) is 10.4. The van der Waals surface area contributed by atoms with E-state index in [9.17, 15) is 18.5 Å². The Labute approximate surface area is 136 Å². The number of hydrogen-bond acceptors (Lipinski definition) is 6. The van der Waals surface area contributed by atoms with E-state index in [-0.39, 0.29) is 33.9 Å². The number of halogens is 1. The summed E-state index contributed by atoms with van der Waals surface area (Å²) in [5, 5.41) is 18.7. The Morgan fingerprint density at radius 2 is 1.91 bits per heavy atom. The zero-order valence-corrected chi connectivity index (χ0v) is 14.3. The highest BCUT2D eigenvalue weighted by molar-refractivity contribution is 9.10. The quantitative estimate of drug-likeness (QED) is 0.621. The molecule has 2 aliphatic rings. The Morgan fingerprint density at radius 1 is 1.27 bits per heavy atom. The number of aromatic nitrogens is 2. The van der Waals surface area contributed by atoms with Crippen molar-refractivity contribution in [2.45, 2.75) is 44.2 Å². The average molecular weight is 393 g/mol. The van der Waals surface area contributed by atoms with Gasteiger partial charge in [-0.15, -0.1) is 0 Å². The molecule has 0 radical (unpaired) electrons. The molecule has 1 aliphatic carbocycles. The molecular weight excluding hydrogens is 376 g/mol. The zero-order valence-electron chi connectivity index (χ0n) is 11.9. The van der Waals surface area contributed by atoms with Crippen molar-refractivity contribution in [2.24, 2.45) is 0 Å². The van der Waals surface area contributed by atoms with E-state index < -0.39 is 14.8 Å². The van der Waals surface area contributed by atoms with Gasteiger partial charge in [0.2, 0.25) is 10.4 Å². The number of nitrogens with zero attached hydrogens (tertiary/aromatic N) is 3. The van der Waals surface area contributed by atoms with Gasteiger partial charge in [-0.05, 0) is 28.8 Å². The SMILES string of the molecule is O=[N+]([O-])c1c(Br)nn(C2CS(=O)(=O)C2)c1NC1CCCCC1. The summed E-state index contributed by atoms with van der Waals surface area (Å²) in [4.78, 5) is 10.8. The Bertz CT molecular complexity index is 684. The number of hydrogen-bond donors (Lipinski definition) is 1. The molecule has 1 N–H and O–H groups in total. The summed E-state index contributed by atoms with van der Waals surface area (Å²) in [5.41, 5.74) is -0.116. The van der Waals surface area contributed by atoms with Crippen LogP contribution in [0.2, 0.25) is 0 Å². The predicted molar refractivity (Wildman–Crippen MR) is 84.8 cm³/mol. The molecule has 8 nitrogen and oxygen atoms in total. The highest BCUT2D eigenvalue weighted by Gasteiger charge is 2.40. The predicted octanol–water partition coefficient (Wildman–Crippen LogP) is 2.27. The number of rotatable bonds is 4. The molecule has 0 aromatic carbocycles. The number of anilines is 1. The summed E-state index contributed by atoms with van der Waals surface area (Å²) in [5.74, 6) is 0.290. The van der Waals surface area contributed by atoms with Crippen LogP contribution in [0.5, 0.6) is 0 Å². The summed E-state index contributed by atoms with van der Waals surface area (Å²) in [6, 6.07) is -0.160. The van der Waals surface area contributed by atoms with Gasteiger partial charge in [0.15, 0.2) is 9.84 Å². The van der Waals surface area contributed by atoms with Crippen molar-refractivity contribution in [3.63, 3.8) is 0 Å². The first-order valence-electron chi connectivity index (χ1n) is 7.27. The third kappa shape index (κ3) is 2.98. The van der Waals surface area contributed by atoms with E-state index in [1.807, 2.05) is 0 Å². The maximum absolute atomic E-state index is 11.4. The van der Waals surface area contributed by atoms with Gasteiger partial charge in [-0.3, -0.25) is 10.1 Å². The van der Waals surface area contributed by atoms with Crippen LogP contribution in [-0.4, -0.2) is 40.7 Å². The highest BCUT2D eigenvalue weighted by atomic mass is 79.9. The van der Waals surface area contributed by atoms with Gasteiger partial charge >= 0.3 is 5.69 Å². The summed E-state index contributed by atoms with van der Waals surface area (Å²) in [6.07, 6.45) is 5.30. The van der Waals surface area contributed by atoms with Gasteiger partial charge in [0, 0.05) is 6.04 Å². The fraction of sp³-hybridized carbons (Fsp3) is 0.750. The molecule has 0 spiro atoms. The largest absolute Gasteiger partial charge is 0.362 e. The molecule has 22 heavy (non-hydrogen) atoms. The second-order valence-corrected chi connectivity index (χ2v) is 8.80.